The Morgan fingerprint density at radius 2 is 2.18 bits per heavy atom. The average molecular weight is 234 g/mol. The van der Waals surface area contributed by atoms with Crippen LogP contribution in [-0.4, -0.2) is 11.1 Å². The van der Waals surface area contributed by atoms with Gasteiger partial charge in [-0.15, -0.1) is 0 Å². The summed E-state index contributed by atoms with van der Waals surface area (Å²) in [6, 6.07) is 0. The van der Waals surface area contributed by atoms with Crippen molar-refractivity contribution in [3.63, 3.8) is 0 Å². The normalized spacial score (nSPS) is 24.8. The van der Waals surface area contributed by atoms with Gasteiger partial charge in [-0.1, -0.05) is 37.6 Å². The number of aliphatic carboxylic acids is 1. The van der Waals surface area contributed by atoms with Crippen molar-refractivity contribution in [2.75, 3.05) is 0 Å². The Bertz CT molecular complexity index is 384. The van der Waals surface area contributed by atoms with Gasteiger partial charge in [0, 0.05) is 12.0 Å². The summed E-state index contributed by atoms with van der Waals surface area (Å²) in [7, 11) is 0. The van der Waals surface area contributed by atoms with E-state index in [4.69, 9.17) is 5.11 Å². The maximum absolute atomic E-state index is 10.5. The van der Waals surface area contributed by atoms with Crippen LogP contribution < -0.4 is 0 Å². The molecule has 1 atom stereocenters. The fourth-order valence-corrected chi connectivity index (χ4v) is 2.47. The van der Waals surface area contributed by atoms with E-state index in [9.17, 15) is 4.79 Å². The molecule has 1 aliphatic carbocycles. The van der Waals surface area contributed by atoms with Crippen LogP contribution in [0.25, 0.3) is 0 Å². The summed E-state index contributed by atoms with van der Waals surface area (Å²) in [4.78, 5) is 10.5. The van der Waals surface area contributed by atoms with E-state index in [2.05, 4.69) is 32.9 Å². The molecule has 0 spiro atoms. The molecule has 0 fully saturated rings. The zero-order chi connectivity index (χ0) is 13.1. The minimum Gasteiger partial charge on any atom is -0.478 e. The van der Waals surface area contributed by atoms with Crippen molar-refractivity contribution < 1.29 is 9.90 Å². The fraction of sp³-hybridized carbons (Fsp3) is 0.533. The van der Waals surface area contributed by atoms with Crippen LogP contribution in [0.4, 0.5) is 0 Å². The van der Waals surface area contributed by atoms with Crippen molar-refractivity contribution in [3.8, 4) is 0 Å². The van der Waals surface area contributed by atoms with Gasteiger partial charge >= 0.3 is 5.97 Å². The van der Waals surface area contributed by atoms with Crippen LogP contribution in [0, 0.1) is 11.3 Å². The predicted octanol–water partition coefficient (Wildman–Crippen LogP) is 3.96. The Morgan fingerprint density at radius 1 is 1.53 bits per heavy atom. The summed E-state index contributed by atoms with van der Waals surface area (Å²) in [6.45, 7) is 8.52. The Kier molecular flexibility index (Phi) is 4.33. The molecule has 0 unspecified atom stereocenters. The zero-order valence-electron chi connectivity index (χ0n) is 11.2. The van der Waals surface area contributed by atoms with Gasteiger partial charge in [0.1, 0.15) is 0 Å². The lowest BCUT2D eigenvalue weighted by molar-refractivity contribution is -0.131. The maximum atomic E-state index is 10.5. The SMILES string of the molecule is CC1=CCCC(C)(C)[C@H]1/C=C/C(C)=C\C(=O)O. The van der Waals surface area contributed by atoms with Crippen molar-refractivity contribution >= 4 is 5.97 Å². The largest absolute Gasteiger partial charge is 0.478 e. The topological polar surface area (TPSA) is 37.3 Å². The van der Waals surface area contributed by atoms with E-state index in [1.165, 1.54) is 18.1 Å². The van der Waals surface area contributed by atoms with E-state index in [1.54, 1.807) is 0 Å². The van der Waals surface area contributed by atoms with Crippen molar-refractivity contribution in [1.82, 2.24) is 0 Å². The first-order chi connectivity index (χ1) is 7.83. The minimum atomic E-state index is -0.887. The molecular formula is C15H22O2. The highest BCUT2D eigenvalue weighted by molar-refractivity contribution is 5.81. The number of rotatable bonds is 3. The number of allylic oxidation sites excluding steroid dienone is 5. The van der Waals surface area contributed by atoms with Crippen molar-refractivity contribution in [3.05, 3.63) is 35.5 Å². The number of carbonyl (C=O) groups is 1. The van der Waals surface area contributed by atoms with Gasteiger partial charge in [0.05, 0.1) is 0 Å². The van der Waals surface area contributed by atoms with E-state index < -0.39 is 5.97 Å². The molecule has 17 heavy (non-hydrogen) atoms. The average Bonchev–Trinajstić information content (AvgIpc) is 2.14. The lowest BCUT2D eigenvalue weighted by Crippen LogP contribution is -2.26. The standard InChI is InChI=1S/C15H22O2/c1-11(10-14(16)17)7-8-13-12(2)6-5-9-15(13,3)4/h6-8,10,13H,5,9H2,1-4H3,(H,16,17)/b8-7+,11-10-/t13-/m0/s1. The third kappa shape index (κ3) is 3.88. The van der Waals surface area contributed by atoms with Crippen LogP contribution in [0.5, 0.6) is 0 Å². The molecule has 2 heteroatoms. The van der Waals surface area contributed by atoms with Crippen LogP contribution in [-0.2, 0) is 4.79 Å². The Labute approximate surface area is 104 Å². The van der Waals surface area contributed by atoms with Gasteiger partial charge in [-0.05, 0) is 37.7 Å². The molecule has 0 aromatic rings. The second-order valence-corrected chi connectivity index (χ2v) is 5.54. The summed E-state index contributed by atoms with van der Waals surface area (Å²) in [6.07, 6.45) is 9.92. The highest BCUT2D eigenvalue weighted by Gasteiger charge is 2.30. The molecule has 1 aliphatic rings. The van der Waals surface area contributed by atoms with Crippen LogP contribution in [0.1, 0.15) is 40.5 Å². The third-order valence-electron chi connectivity index (χ3n) is 3.49. The first kappa shape index (κ1) is 13.8. The Balaban J connectivity index is 2.85. The zero-order valence-corrected chi connectivity index (χ0v) is 11.2. The molecule has 1 N–H and O–H groups in total. The lowest BCUT2D eigenvalue weighted by atomic mass is 9.68. The minimum absolute atomic E-state index is 0.263. The smallest absolute Gasteiger partial charge is 0.328 e. The molecular weight excluding hydrogens is 212 g/mol. The van der Waals surface area contributed by atoms with Crippen LogP contribution in [0.3, 0.4) is 0 Å². The molecule has 0 amide bonds. The van der Waals surface area contributed by atoms with Gasteiger partial charge in [-0.3, -0.25) is 0 Å². The van der Waals surface area contributed by atoms with E-state index >= 15 is 0 Å². The van der Waals surface area contributed by atoms with Gasteiger partial charge in [-0.25, -0.2) is 4.79 Å². The van der Waals surface area contributed by atoms with Gasteiger partial charge in [0.25, 0.3) is 0 Å². The summed E-state index contributed by atoms with van der Waals surface area (Å²) in [5.41, 5.74) is 2.44. The summed E-state index contributed by atoms with van der Waals surface area (Å²) in [5, 5.41) is 8.65. The summed E-state index contributed by atoms with van der Waals surface area (Å²) >= 11 is 0. The lowest BCUT2D eigenvalue weighted by Gasteiger charge is -2.36. The van der Waals surface area contributed by atoms with Crippen molar-refractivity contribution in [2.45, 2.75) is 40.5 Å². The van der Waals surface area contributed by atoms with Crippen molar-refractivity contribution in [2.24, 2.45) is 11.3 Å². The number of hydrogen-bond acceptors (Lipinski definition) is 1. The number of carboxylic acids is 1. The number of hydrogen-bond donors (Lipinski definition) is 1. The molecule has 0 saturated heterocycles. The third-order valence-corrected chi connectivity index (χ3v) is 3.49. The van der Waals surface area contributed by atoms with E-state index in [0.717, 1.165) is 12.0 Å². The first-order valence-electron chi connectivity index (χ1n) is 6.09. The molecule has 0 aromatic heterocycles. The highest BCUT2D eigenvalue weighted by Crippen LogP contribution is 2.41. The van der Waals surface area contributed by atoms with E-state index in [-0.39, 0.29) is 5.41 Å². The van der Waals surface area contributed by atoms with Crippen LogP contribution in [0.15, 0.2) is 35.5 Å². The highest BCUT2D eigenvalue weighted by atomic mass is 16.4. The molecule has 94 valence electrons. The quantitative estimate of drug-likeness (QED) is 0.456. The molecule has 0 aliphatic heterocycles. The van der Waals surface area contributed by atoms with E-state index in [1.807, 2.05) is 13.0 Å². The monoisotopic (exact) mass is 234 g/mol. The molecule has 0 saturated carbocycles. The Hall–Kier alpha value is -1.31. The maximum Gasteiger partial charge on any atom is 0.328 e. The Morgan fingerprint density at radius 3 is 2.71 bits per heavy atom. The predicted molar refractivity (Wildman–Crippen MR) is 70.8 cm³/mol. The summed E-state index contributed by atoms with van der Waals surface area (Å²) < 4.78 is 0. The van der Waals surface area contributed by atoms with Gasteiger partial charge < -0.3 is 5.11 Å². The van der Waals surface area contributed by atoms with Gasteiger partial charge in [-0.2, -0.15) is 0 Å². The van der Waals surface area contributed by atoms with Gasteiger partial charge in [0.2, 0.25) is 0 Å². The number of carboxylic acid groups (broad SMARTS) is 1. The summed E-state index contributed by atoms with van der Waals surface area (Å²) in [5.74, 6) is -0.476. The molecule has 0 bridgehead atoms. The van der Waals surface area contributed by atoms with Gasteiger partial charge in [0.15, 0.2) is 0 Å². The van der Waals surface area contributed by atoms with E-state index in [0.29, 0.717) is 5.92 Å². The molecule has 0 radical (unpaired) electrons. The molecule has 0 aromatic carbocycles. The fourth-order valence-electron chi connectivity index (χ4n) is 2.47. The second kappa shape index (κ2) is 5.35. The molecule has 1 rings (SSSR count). The van der Waals surface area contributed by atoms with Crippen LogP contribution >= 0.6 is 0 Å². The second-order valence-electron chi connectivity index (χ2n) is 5.54. The van der Waals surface area contributed by atoms with Crippen LogP contribution in [0.2, 0.25) is 0 Å². The molecule has 0 heterocycles. The molecule has 2 nitrogen and oxygen atoms in total. The van der Waals surface area contributed by atoms with Crippen molar-refractivity contribution in [1.29, 1.82) is 0 Å². The first-order valence-corrected chi connectivity index (χ1v) is 6.09.